The number of ether oxygens (including phenoxy) is 2. The van der Waals surface area contributed by atoms with Crippen LogP contribution in [0.4, 0.5) is 0 Å². The molecule has 0 spiro atoms. The lowest BCUT2D eigenvalue weighted by Crippen LogP contribution is -2.21. The zero-order valence-electron chi connectivity index (χ0n) is 22.0. The molecule has 4 aromatic rings. The molecule has 0 saturated heterocycles. The van der Waals surface area contributed by atoms with Gasteiger partial charge in [0.1, 0.15) is 5.75 Å². The first kappa shape index (κ1) is 28.3. The highest BCUT2D eigenvalue weighted by Gasteiger charge is 2.19. The molecule has 8 nitrogen and oxygen atoms in total. The average Bonchev–Trinajstić information content (AvgIpc) is 2.87. The van der Waals surface area contributed by atoms with Crippen molar-refractivity contribution in [2.75, 3.05) is 13.2 Å². The molecule has 0 fully saturated rings. The molecule has 0 saturated carbocycles. The van der Waals surface area contributed by atoms with Gasteiger partial charge in [0.25, 0.3) is 11.5 Å². The molecule has 202 valence electrons. The van der Waals surface area contributed by atoms with Crippen LogP contribution in [-0.4, -0.2) is 35.0 Å². The third-order valence-electron chi connectivity index (χ3n) is 5.98. The average molecular weight is 612 g/mol. The third kappa shape index (κ3) is 6.15. The van der Waals surface area contributed by atoms with Gasteiger partial charge in [0.2, 0.25) is 0 Å². The zero-order valence-corrected chi connectivity index (χ0v) is 24.3. The van der Waals surface area contributed by atoms with Crippen LogP contribution in [0.3, 0.4) is 0 Å². The number of carbonyl (C=O) groups excluding carboxylic acids is 1. The van der Waals surface area contributed by atoms with E-state index in [0.717, 1.165) is 22.4 Å². The maximum atomic E-state index is 13.7. The van der Waals surface area contributed by atoms with Crippen molar-refractivity contribution < 1.29 is 14.3 Å². The van der Waals surface area contributed by atoms with Crippen LogP contribution in [0.25, 0.3) is 22.3 Å². The summed E-state index contributed by atoms with van der Waals surface area (Å²) in [4.78, 5) is 29.6. The molecule has 0 bridgehead atoms. The molecule has 1 aromatic heterocycles. The summed E-state index contributed by atoms with van der Waals surface area (Å²) in [6, 6.07) is 14.5. The molecule has 4 rings (SSSR count). The number of para-hydroxylation sites is 1. The van der Waals surface area contributed by atoms with Crippen molar-refractivity contribution in [3.8, 4) is 22.9 Å². The Bertz CT molecular complexity index is 1630. The minimum Gasteiger partial charge on any atom is -0.494 e. The monoisotopic (exact) mass is 610 g/mol. The Kier molecular flexibility index (Phi) is 8.72. The molecule has 0 radical (unpaired) electrons. The number of primary amides is 1. The molecular weight excluding hydrogens is 584 g/mol. The van der Waals surface area contributed by atoms with Gasteiger partial charge in [0.15, 0.2) is 18.2 Å². The van der Waals surface area contributed by atoms with E-state index in [1.807, 2.05) is 38.1 Å². The lowest BCUT2D eigenvalue weighted by molar-refractivity contribution is -0.119. The van der Waals surface area contributed by atoms with Crippen molar-refractivity contribution in [3.63, 3.8) is 0 Å². The second kappa shape index (κ2) is 12.0. The summed E-state index contributed by atoms with van der Waals surface area (Å²) in [6.07, 6.45) is 1.52. The lowest BCUT2D eigenvalue weighted by Gasteiger charge is -2.18. The standard InChI is InChI=1S/C29H28BrClN4O4/c1-5-38-25-10-17(4)21(13-20(25)16(2)3)28-34-24-9-7-6-8-19(24)29(37)35(28)33-14-18-11-22(30)27(23(31)12-18)39-15-26(32)36/h6-14,16H,5,15H2,1-4H3,(H2,32,36). The van der Waals surface area contributed by atoms with Gasteiger partial charge in [-0.3, -0.25) is 9.59 Å². The number of hydrogen-bond acceptors (Lipinski definition) is 6. The number of aromatic nitrogens is 2. The van der Waals surface area contributed by atoms with Crippen molar-refractivity contribution in [2.45, 2.75) is 33.6 Å². The zero-order chi connectivity index (χ0) is 28.3. The van der Waals surface area contributed by atoms with Crippen molar-refractivity contribution in [3.05, 3.63) is 85.1 Å². The maximum absolute atomic E-state index is 13.7. The SMILES string of the molecule is CCOc1cc(C)c(-c2nc3ccccc3c(=O)n2N=Cc2cc(Cl)c(OCC(N)=O)c(Br)c2)cc1C(C)C. The van der Waals surface area contributed by atoms with Gasteiger partial charge >= 0.3 is 0 Å². The summed E-state index contributed by atoms with van der Waals surface area (Å²) in [5.74, 6) is 1.06. The van der Waals surface area contributed by atoms with Gasteiger partial charge in [0, 0.05) is 5.56 Å². The number of nitrogens with two attached hydrogens (primary N) is 1. The molecule has 0 aliphatic heterocycles. The van der Waals surface area contributed by atoms with Crippen LogP contribution in [0.1, 0.15) is 43.4 Å². The molecule has 1 amide bonds. The fourth-order valence-electron chi connectivity index (χ4n) is 4.14. The molecule has 3 aromatic carbocycles. The van der Waals surface area contributed by atoms with Crippen molar-refractivity contribution in [1.29, 1.82) is 0 Å². The highest BCUT2D eigenvalue weighted by molar-refractivity contribution is 9.10. The fourth-order valence-corrected chi connectivity index (χ4v) is 5.12. The molecule has 1 heterocycles. The lowest BCUT2D eigenvalue weighted by atomic mass is 9.96. The van der Waals surface area contributed by atoms with E-state index >= 15 is 0 Å². The summed E-state index contributed by atoms with van der Waals surface area (Å²) in [6.45, 7) is 8.33. The second-order valence-corrected chi connectivity index (χ2v) is 10.4. The first-order valence-electron chi connectivity index (χ1n) is 12.3. The van der Waals surface area contributed by atoms with E-state index in [2.05, 4.69) is 34.9 Å². The number of hydrogen-bond donors (Lipinski definition) is 1. The van der Waals surface area contributed by atoms with Gasteiger partial charge in [-0.15, -0.1) is 0 Å². The van der Waals surface area contributed by atoms with Crippen LogP contribution in [0.5, 0.6) is 11.5 Å². The Morgan fingerprint density at radius 2 is 1.95 bits per heavy atom. The summed E-state index contributed by atoms with van der Waals surface area (Å²) in [5.41, 5.74) is 8.71. The predicted molar refractivity (Wildman–Crippen MR) is 158 cm³/mol. The van der Waals surface area contributed by atoms with Crippen LogP contribution in [0.15, 0.2) is 62.9 Å². The molecule has 0 aliphatic rings. The quantitative estimate of drug-likeness (QED) is 0.232. The van der Waals surface area contributed by atoms with E-state index in [4.69, 9.17) is 31.8 Å². The van der Waals surface area contributed by atoms with E-state index in [1.54, 1.807) is 24.3 Å². The summed E-state index contributed by atoms with van der Waals surface area (Å²) < 4.78 is 13.1. The first-order valence-corrected chi connectivity index (χ1v) is 13.5. The minimum absolute atomic E-state index is 0.185. The van der Waals surface area contributed by atoms with Gasteiger partial charge in [-0.2, -0.15) is 9.78 Å². The Balaban J connectivity index is 1.88. The predicted octanol–water partition coefficient (Wildman–Crippen LogP) is 6.06. The molecular formula is C29H28BrClN4O4. The van der Waals surface area contributed by atoms with Gasteiger partial charge in [-0.1, -0.05) is 37.6 Å². The summed E-state index contributed by atoms with van der Waals surface area (Å²) in [5, 5.41) is 5.25. The third-order valence-corrected chi connectivity index (χ3v) is 6.84. The van der Waals surface area contributed by atoms with E-state index in [1.165, 1.54) is 10.9 Å². The van der Waals surface area contributed by atoms with Crippen molar-refractivity contribution >= 4 is 50.6 Å². The maximum Gasteiger partial charge on any atom is 0.282 e. The van der Waals surface area contributed by atoms with E-state index in [9.17, 15) is 9.59 Å². The summed E-state index contributed by atoms with van der Waals surface area (Å²) >= 11 is 9.79. The molecule has 0 aliphatic carbocycles. The highest BCUT2D eigenvalue weighted by Crippen LogP contribution is 2.35. The van der Waals surface area contributed by atoms with Crippen LogP contribution in [0.2, 0.25) is 5.02 Å². The van der Waals surface area contributed by atoms with Crippen LogP contribution < -0.4 is 20.8 Å². The number of fused-ring (bicyclic) bond motifs is 1. The molecule has 0 atom stereocenters. The second-order valence-electron chi connectivity index (χ2n) is 9.18. The Morgan fingerprint density at radius 3 is 2.62 bits per heavy atom. The number of rotatable bonds is 9. The number of halogens is 2. The molecule has 39 heavy (non-hydrogen) atoms. The number of nitrogens with zero attached hydrogens (tertiary/aromatic N) is 3. The molecule has 2 N–H and O–H groups in total. The normalized spacial score (nSPS) is 11.5. The van der Waals surface area contributed by atoms with Crippen LogP contribution in [-0.2, 0) is 4.79 Å². The highest BCUT2D eigenvalue weighted by atomic mass is 79.9. The topological polar surface area (TPSA) is 109 Å². The van der Waals surface area contributed by atoms with Crippen molar-refractivity contribution in [1.82, 2.24) is 9.66 Å². The van der Waals surface area contributed by atoms with Gasteiger partial charge < -0.3 is 15.2 Å². The minimum atomic E-state index is -0.621. The Labute approximate surface area is 239 Å². The number of carbonyl (C=O) groups is 1. The molecule has 10 heteroatoms. The Hall–Kier alpha value is -3.69. The van der Waals surface area contributed by atoms with Crippen molar-refractivity contribution in [2.24, 2.45) is 10.8 Å². The number of benzene rings is 3. The van der Waals surface area contributed by atoms with Gasteiger partial charge in [-0.25, -0.2) is 4.98 Å². The Morgan fingerprint density at radius 1 is 1.21 bits per heavy atom. The fraction of sp³-hybridized carbons (Fsp3) is 0.241. The van der Waals surface area contributed by atoms with Crippen LogP contribution in [0, 0.1) is 6.92 Å². The van der Waals surface area contributed by atoms with Crippen LogP contribution >= 0.6 is 27.5 Å². The largest absolute Gasteiger partial charge is 0.494 e. The van der Waals surface area contributed by atoms with Gasteiger partial charge in [0.05, 0.1) is 33.2 Å². The van der Waals surface area contributed by atoms with E-state index in [0.29, 0.717) is 33.4 Å². The van der Waals surface area contributed by atoms with E-state index in [-0.39, 0.29) is 28.9 Å². The molecule has 0 unspecified atom stereocenters. The first-order chi connectivity index (χ1) is 18.6. The summed E-state index contributed by atoms with van der Waals surface area (Å²) in [7, 11) is 0. The number of aryl methyl sites for hydroxylation is 1. The smallest absolute Gasteiger partial charge is 0.282 e. The van der Waals surface area contributed by atoms with E-state index < -0.39 is 5.91 Å². The number of amides is 1. The van der Waals surface area contributed by atoms with Gasteiger partial charge in [-0.05, 0) is 88.8 Å².